The molecule has 2 N–H and O–H groups in total. The van der Waals surface area contributed by atoms with Crippen LogP contribution in [0.4, 0.5) is 5.69 Å². The Bertz CT molecular complexity index is 444. The fourth-order valence-electron chi connectivity index (χ4n) is 1.53. The maximum atomic E-state index is 11.7. The minimum atomic E-state index is -0.105. The quantitative estimate of drug-likeness (QED) is 0.753. The number of rotatable bonds is 6. The molecule has 0 unspecified atom stereocenters. The van der Waals surface area contributed by atoms with Crippen LogP contribution in [0.2, 0.25) is 0 Å². The first kappa shape index (κ1) is 15.2. The number of hydrogen-bond donors (Lipinski definition) is 2. The molecule has 2 amide bonds. The third kappa shape index (κ3) is 5.52. The van der Waals surface area contributed by atoms with Gasteiger partial charge in [-0.15, -0.1) is 0 Å². The molecule has 5 nitrogen and oxygen atoms in total. The maximum Gasteiger partial charge on any atom is 0.238 e. The van der Waals surface area contributed by atoms with E-state index in [2.05, 4.69) is 10.6 Å². The van der Waals surface area contributed by atoms with E-state index in [0.29, 0.717) is 13.0 Å². The molecule has 0 aliphatic carbocycles. The number of nitrogens with one attached hydrogen (secondary N) is 2. The average Bonchev–Trinajstić information content (AvgIpc) is 2.37. The predicted octanol–water partition coefficient (Wildman–Crippen LogP) is 1.00. The minimum Gasteiger partial charge on any atom is -0.349 e. The highest BCUT2D eigenvalue weighted by molar-refractivity contribution is 5.92. The van der Waals surface area contributed by atoms with Crippen LogP contribution in [0.1, 0.15) is 12.0 Å². The number of para-hydroxylation sites is 1. The summed E-state index contributed by atoms with van der Waals surface area (Å²) in [6, 6.07) is 7.61. The van der Waals surface area contributed by atoms with Crippen molar-refractivity contribution in [1.82, 2.24) is 10.2 Å². The van der Waals surface area contributed by atoms with E-state index in [1.165, 1.54) is 4.90 Å². The molecule has 0 bridgehead atoms. The molecule has 5 heteroatoms. The summed E-state index contributed by atoms with van der Waals surface area (Å²) in [6.45, 7) is 2.64. The molecule has 104 valence electrons. The molecule has 0 saturated carbocycles. The molecule has 0 atom stereocenters. The molecule has 0 heterocycles. The SMILES string of the molecule is Cc1ccccc1NC(=O)CNCCC(=O)N(C)C. The van der Waals surface area contributed by atoms with Gasteiger partial charge in [-0.05, 0) is 18.6 Å². The summed E-state index contributed by atoms with van der Waals surface area (Å²) in [5.41, 5.74) is 1.84. The second-order valence-corrected chi connectivity index (χ2v) is 4.58. The van der Waals surface area contributed by atoms with Gasteiger partial charge in [0.25, 0.3) is 0 Å². The summed E-state index contributed by atoms with van der Waals surface area (Å²) in [5, 5.41) is 5.78. The van der Waals surface area contributed by atoms with Gasteiger partial charge in [0.05, 0.1) is 6.54 Å². The van der Waals surface area contributed by atoms with Gasteiger partial charge in [0.15, 0.2) is 0 Å². The van der Waals surface area contributed by atoms with Crippen molar-refractivity contribution < 1.29 is 9.59 Å². The molecule has 1 rings (SSSR count). The normalized spacial score (nSPS) is 10.1. The number of anilines is 1. The van der Waals surface area contributed by atoms with Crippen LogP contribution in [0.5, 0.6) is 0 Å². The lowest BCUT2D eigenvalue weighted by molar-refractivity contribution is -0.128. The Morgan fingerprint density at radius 2 is 1.89 bits per heavy atom. The highest BCUT2D eigenvalue weighted by Gasteiger charge is 2.05. The number of amides is 2. The summed E-state index contributed by atoms with van der Waals surface area (Å²) < 4.78 is 0. The van der Waals surface area contributed by atoms with Crippen molar-refractivity contribution in [2.75, 3.05) is 32.5 Å². The number of aryl methyl sites for hydroxylation is 1. The van der Waals surface area contributed by atoms with Gasteiger partial charge in [-0.2, -0.15) is 0 Å². The number of carbonyl (C=O) groups excluding carboxylic acids is 2. The Hall–Kier alpha value is -1.88. The smallest absolute Gasteiger partial charge is 0.238 e. The van der Waals surface area contributed by atoms with Gasteiger partial charge in [-0.25, -0.2) is 0 Å². The summed E-state index contributed by atoms with van der Waals surface area (Å²) in [4.78, 5) is 24.5. The molecule has 0 spiro atoms. The van der Waals surface area contributed by atoms with Crippen LogP contribution in [-0.4, -0.2) is 43.9 Å². The fourth-order valence-corrected chi connectivity index (χ4v) is 1.53. The highest BCUT2D eigenvalue weighted by atomic mass is 16.2. The maximum absolute atomic E-state index is 11.7. The number of carbonyl (C=O) groups is 2. The van der Waals surface area contributed by atoms with Crippen molar-refractivity contribution in [3.63, 3.8) is 0 Å². The standard InChI is InChI=1S/C14H21N3O2/c1-11-6-4-5-7-12(11)16-13(18)10-15-9-8-14(19)17(2)3/h4-7,15H,8-10H2,1-3H3,(H,16,18). The second kappa shape index (κ2) is 7.53. The van der Waals surface area contributed by atoms with E-state index in [1.54, 1.807) is 14.1 Å². The summed E-state index contributed by atoms with van der Waals surface area (Å²) in [5.74, 6) is -0.0570. The van der Waals surface area contributed by atoms with E-state index < -0.39 is 0 Å². The third-order valence-electron chi connectivity index (χ3n) is 2.72. The van der Waals surface area contributed by atoms with Crippen molar-refractivity contribution in [1.29, 1.82) is 0 Å². The first-order chi connectivity index (χ1) is 9.00. The molecule has 1 aromatic carbocycles. The molecular formula is C14H21N3O2. The Morgan fingerprint density at radius 3 is 2.53 bits per heavy atom. The highest BCUT2D eigenvalue weighted by Crippen LogP contribution is 2.12. The van der Waals surface area contributed by atoms with E-state index >= 15 is 0 Å². The van der Waals surface area contributed by atoms with Gasteiger partial charge in [-0.1, -0.05) is 18.2 Å². The van der Waals surface area contributed by atoms with Crippen LogP contribution >= 0.6 is 0 Å². The minimum absolute atomic E-state index is 0.0480. The van der Waals surface area contributed by atoms with Crippen molar-refractivity contribution >= 4 is 17.5 Å². The van der Waals surface area contributed by atoms with Crippen molar-refractivity contribution in [2.24, 2.45) is 0 Å². The van der Waals surface area contributed by atoms with Gasteiger partial charge in [0, 0.05) is 32.7 Å². The Morgan fingerprint density at radius 1 is 1.21 bits per heavy atom. The molecule has 19 heavy (non-hydrogen) atoms. The van der Waals surface area contributed by atoms with Gasteiger partial charge in [0.2, 0.25) is 11.8 Å². The molecule has 1 aromatic rings. The van der Waals surface area contributed by atoms with Crippen LogP contribution in [0.25, 0.3) is 0 Å². The van der Waals surface area contributed by atoms with E-state index in [4.69, 9.17) is 0 Å². The van der Waals surface area contributed by atoms with E-state index in [9.17, 15) is 9.59 Å². The molecule has 0 saturated heterocycles. The number of nitrogens with zero attached hydrogens (tertiary/aromatic N) is 1. The second-order valence-electron chi connectivity index (χ2n) is 4.58. The average molecular weight is 263 g/mol. The molecule has 0 radical (unpaired) electrons. The number of hydrogen-bond acceptors (Lipinski definition) is 3. The van der Waals surface area contributed by atoms with E-state index in [1.807, 2.05) is 31.2 Å². The van der Waals surface area contributed by atoms with Gasteiger partial charge in [-0.3, -0.25) is 9.59 Å². The van der Waals surface area contributed by atoms with Crippen LogP contribution < -0.4 is 10.6 Å². The van der Waals surface area contributed by atoms with E-state index in [0.717, 1.165) is 11.3 Å². The van der Waals surface area contributed by atoms with Crippen LogP contribution in [0.3, 0.4) is 0 Å². The first-order valence-electron chi connectivity index (χ1n) is 6.27. The zero-order valence-corrected chi connectivity index (χ0v) is 11.7. The molecule has 0 aliphatic heterocycles. The zero-order chi connectivity index (χ0) is 14.3. The van der Waals surface area contributed by atoms with E-state index in [-0.39, 0.29) is 18.4 Å². The molecule has 0 aromatic heterocycles. The monoisotopic (exact) mass is 263 g/mol. The van der Waals surface area contributed by atoms with Crippen molar-refractivity contribution in [3.8, 4) is 0 Å². The fraction of sp³-hybridized carbons (Fsp3) is 0.429. The topological polar surface area (TPSA) is 61.4 Å². The van der Waals surface area contributed by atoms with Crippen LogP contribution in [0.15, 0.2) is 24.3 Å². The zero-order valence-electron chi connectivity index (χ0n) is 11.7. The lowest BCUT2D eigenvalue weighted by Crippen LogP contribution is -2.32. The predicted molar refractivity (Wildman–Crippen MR) is 76.0 cm³/mol. The van der Waals surface area contributed by atoms with Gasteiger partial charge < -0.3 is 15.5 Å². The summed E-state index contributed by atoms with van der Waals surface area (Å²) in [6.07, 6.45) is 0.393. The molecule has 0 aliphatic rings. The first-order valence-corrected chi connectivity index (χ1v) is 6.27. The van der Waals surface area contributed by atoms with Crippen LogP contribution in [-0.2, 0) is 9.59 Å². The summed E-state index contributed by atoms with van der Waals surface area (Å²) in [7, 11) is 3.43. The van der Waals surface area contributed by atoms with Gasteiger partial charge in [0.1, 0.15) is 0 Å². The third-order valence-corrected chi connectivity index (χ3v) is 2.72. The lowest BCUT2D eigenvalue weighted by atomic mass is 10.2. The Kier molecular flexibility index (Phi) is 6.02. The lowest BCUT2D eigenvalue weighted by Gasteiger charge is -2.11. The Labute approximate surface area is 114 Å². The molecular weight excluding hydrogens is 242 g/mol. The molecule has 0 fully saturated rings. The van der Waals surface area contributed by atoms with Crippen molar-refractivity contribution in [2.45, 2.75) is 13.3 Å². The largest absolute Gasteiger partial charge is 0.349 e. The van der Waals surface area contributed by atoms with Gasteiger partial charge >= 0.3 is 0 Å². The van der Waals surface area contributed by atoms with Crippen molar-refractivity contribution in [3.05, 3.63) is 29.8 Å². The number of benzene rings is 1. The van der Waals surface area contributed by atoms with Crippen LogP contribution in [0, 0.1) is 6.92 Å². The Balaban J connectivity index is 2.26. The summed E-state index contributed by atoms with van der Waals surface area (Å²) >= 11 is 0.